The molecule has 0 aromatic carbocycles. The number of carbonyl (C=O) groups excluding carboxylic acids is 1. The molecule has 2 atom stereocenters. The zero-order valence-electron chi connectivity index (χ0n) is 7.55. The van der Waals surface area contributed by atoms with E-state index in [0.717, 1.165) is 0 Å². The minimum absolute atomic E-state index is 0.144. The molecule has 0 saturated heterocycles. The fraction of sp³-hybridized carbons (Fsp3) is 0.875. The third kappa shape index (κ3) is 2.27. The smallest absolute Gasteiger partial charge is 0.163 e. The quantitative estimate of drug-likeness (QED) is 0.660. The maximum atomic E-state index is 11.0. The topological polar surface area (TPSA) is 46.5 Å². The number of carbonyl (C=O) groups is 1. The number of Topliss-reactive ketones (excluding diaryl/α,β-unsaturated/α-hetero) is 1. The summed E-state index contributed by atoms with van der Waals surface area (Å²) in [7, 11) is 0. The zero-order chi connectivity index (χ0) is 9.07. The van der Waals surface area contributed by atoms with Crippen molar-refractivity contribution < 1.29 is 14.6 Å². The summed E-state index contributed by atoms with van der Waals surface area (Å²) < 4.78 is 5.15. The lowest BCUT2D eigenvalue weighted by atomic mass is 9.96. The van der Waals surface area contributed by atoms with Crippen molar-refractivity contribution in [3.63, 3.8) is 0 Å². The van der Waals surface area contributed by atoms with Gasteiger partial charge in [0, 0.05) is 6.61 Å². The molecule has 0 aromatic rings. The van der Waals surface area contributed by atoms with Crippen LogP contribution in [0.25, 0.3) is 0 Å². The van der Waals surface area contributed by atoms with Crippen LogP contribution in [-0.2, 0) is 9.53 Å². The molecule has 0 radical (unpaired) electrons. The minimum Gasteiger partial charge on any atom is -0.390 e. The zero-order valence-corrected chi connectivity index (χ0v) is 7.55. The van der Waals surface area contributed by atoms with Crippen molar-refractivity contribution in [1.29, 1.82) is 0 Å². The summed E-state index contributed by atoms with van der Waals surface area (Å²) in [6.45, 7) is 6.80. The van der Waals surface area contributed by atoms with Gasteiger partial charge in [-0.2, -0.15) is 0 Å². The highest BCUT2D eigenvalue weighted by atomic mass is 16.5. The van der Waals surface area contributed by atoms with E-state index in [2.05, 4.69) is 0 Å². The average Bonchev–Trinajstić information content (AvgIpc) is 1.87. The highest BCUT2D eigenvalue weighted by molar-refractivity contribution is 5.85. The number of aliphatic hydroxyl groups excluding tert-OH is 1. The predicted octanol–water partition coefficient (Wildman–Crippen LogP) is 0.751. The van der Waals surface area contributed by atoms with Gasteiger partial charge >= 0.3 is 0 Å². The Bertz CT molecular complexity index is 142. The van der Waals surface area contributed by atoms with E-state index in [4.69, 9.17) is 4.74 Å². The molecule has 0 aliphatic heterocycles. The van der Waals surface area contributed by atoms with E-state index < -0.39 is 11.7 Å². The van der Waals surface area contributed by atoms with Gasteiger partial charge in [0.05, 0.1) is 6.10 Å². The molecular formula is C8H16O3. The molecule has 0 rings (SSSR count). The van der Waals surface area contributed by atoms with Crippen molar-refractivity contribution in [3.8, 4) is 0 Å². The van der Waals surface area contributed by atoms with E-state index in [9.17, 15) is 9.90 Å². The molecule has 0 aromatic heterocycles. The number of hydrogen-bond donors (Lipinski definition) is 1. The molecule has 0 aliphatic rings. The van der Waals surface area contributed by atoms with Crippen molar-refractivity contribution in [2.24, 2.45) is 0 Å². The summed E-state index contributed by atoms with van der Waals surface area (Å²) in [4.78, 5) is 11.0. The van der Waals surface area contributed by atoms with Gasteiger partial charge in [-0.25, -0.2) is 0 Å². The van der Waals surface area contributed by atoms with Crippen LogP contribution in [0.4, 0.5) is 0 Å². The highest BCUT2D eigenvalue weighted by Crippen LogP contribution is 2.16. The van der Waals surface area contributed by atoms with Gasteiger partial charge in [-0.3, -0.25) is 4.79 Å². The normalized spacial score (nSPS) is 19.0. The number of hydrogen-bond acceptors (Lipinski definition) is 3. The largest absolute Gasteiger partial charge is 0.390 e. The second-order valence-electron chi connectivity index (χ2n) is 2.77. The maximum Gasteiger partial charge on any atom is 0.163 e. The Balaban J connectivity index is 4.38. The molecule has 0 bridgehead atoms. The van der Waals surface area contributed by atoms with Gasteiger partial charge in [0.25, 0.3) is 0 Å². The number of aliphatic hydroxyl groups is 1. The first-order chi connectivity index (χ1) is 4.95. The second kappa shape index (κ2) is 3.83. The Morgan fingerprint density at radius 3 is 2.27 bits per heavy atom. The third-order valence-electron chi connectivity index (χ3n) is 1.94. The average molecular weight is 160 g/mol. The lowest BCUT2D eigenvalue weighted by molar-refractivity contribution is -0.154. The molecule has 0 aliphatic carbocycles. The summed E-state index contributed by atoms with van der Waals surface area (Å²) in [5, 5.41) is 9.23. The van der Waals surface area contributed by atoms with E-state index in [1.165, 1.54) is 6.92 Å². The van der Waals surface area contributed by atoms with Gasteiger partial charge in [-0.05, 0) is 27.7 Å². The van der Waals surface area contributed by atoms with E-state index in [-0.39, 0.29) is 5.78 Å². The first kappa shape index (κ1) is 10.6. The van der Waals surface area contributed by atoms with Crippen LogP contribution >= 0.6 is 0 Å². The van der Waals surface area contributed by atoms with Gasteiger partial charge in [-0.15, -0.1) is 0 Å². The van der Waals surface area contributed by atoms with Crippen LogP contribution in [0.2, 0.25) is 0 Å². The van der Waals surface area contributed by atoms with Crippen LogP contribution in [0.3, 0.4) is 0 Å². The SMILES string of the molecule is CCOC(C)(C(C)=O)C(C)O. The van der Waals surface area contributed by atoms with Gasteiger partial charge < -0.3 is 9.84 Å². The molecule has 11 heavy (non-hydrogen) atoms. The van der Waals surface area contributed by atoms with E-state index in [0.29, 0.717) is 6.61 Å². The first-order valence-corrected chi connectivity index (χ1v) is 3.78. The van der Waals surface area contributed by atoms with Gasteiger partial charge in [-0.1, -0.05) is 0 Å². The van der Waals surface area contributed by atoms with Crippen LogP contribution in [-0.4, -0.2) is 29.2 Å². The Morgan fingerprint density at radius 1 is 1.73 bits per heavy atom. The molecule has 0 fully saturated rings. The Kier molecular flexibility index (Phi) is 3.69. The number of rotatable bonds is 4. The molecule has 1 N–H and O–H groups in total. The minimum atomic E-state index is -1.03. The highest BCUT2D eigenvalue weighted by Gasteiger charge is 2.35. The summed E-state index contributed by atoms with van der Waals surface area (Å²) >= 11 is 0. The second-order valence-corrected chi connectivity index (χ2v) is 2.77. The lowest BCUT2D eigenvalue weighted by Crippen LogP contribution is -2.46. The first-order valence-electron chi connectivity index (χ1n) is 3.78. The van der Waals surface area contributed by atoms with Crippen molar-refractivity contribution in [2.45, 2.75) is 39.4 Å². The molecule has 0 heterocycles. The Hall–Kier alpha value is -0.410. The molecule has 0 amide bonds. The number of ketones is 1. The Labute approximate surface area is 67.4 Å². The van der Waals surface area contributed by atoms with E-state index in [1.54, 1.807) is 20.8 Å². The Morgan fingerprint density at radius 2 is 2.18 bits per heavy atom. The molecule has 3 heteroatoms. The molecule has 0 spiro atoms. The van der Waals surface area contributed by atoms with Crippen LogP contribution in [0.15, 0.2) is 0 Å². The van der Waals surface area contributed by atoms with Crippen molar-refractivity contribution in [3.05, 3.63) is 0 Å². The van der Waals surface area contributed by atoms with Crippen molar-refractivity contribution in [1.82, 2.24) is 0 Å². The van der Waals surface area contributed by atoms with Gasteiger partial charge in [0.15, 0.2) is 5.78 Å². The van der Waals surface area contributed by atoms with E-state index in [1.807, 2.05) is 0 Å². The third-order valence-corrected chi connectivity index (χ3v) is 1.94. The molecule has 2 unspecified atom stereocenters. The van der Waals surface area contributed by atoms with Crippen LogP contribution in [0, 0.1) is 0 Å². The standard InChI is InChI=1S/C8H16O3/c1-5-11-8(4,6(2)9)7(3)10/h6,9H,5H2,1-4H3. The fourth-order valence-electron chi connectivity index (χ4n) is 0.816. The van der Waals surface area contributed by atoms with Crippen LogP contribution < -0.4 is 0 Å². The summed E-state index contributed by atoms with van der Waals surface area (Å²) in [5.41, 5.74) is -1.03. The molecule has 0 saturated carbocycles. The monoisotopic (exact) mass is 160 g/mol. The summed E-state index contributed by atoms with van der Waals surface area (Å²) in [6, 6.07) is 0. The summed E-state index contributed by atoms with van der Waals surface area (Å²) in [5.74, 6) is -0.144. The fourth-order valence-corrected chi connectivity index (χ4v) is 0.816. The maximum absolute atomic E-state index is 11.0. The van der Waals surface area contributed by atoms with Gasteiger partial charge in [0.1, 0.15) is 5.60 Å². The number of ether oxygens (including phenoxy) is 1. The lowest BCUT2D eigenvalue weighted by Gasteiger charge is -2.29. The van der Waals surface area contributed by atoms with Crippen molar-refractivity contribution >= 4 is 5.78 Å². The van der Waals surface area contributed by atoms with E-state index >= 15 is 0 Å². The predicted molar refractivity (Wildman–Crippen MR) is 42.4 cm³/mol. The van der Waals surface area contributed by atoms with Crippen LogP contribution in [0.1, 0.15) is 27.7 Å². The summed E-state index contributed by atoms with van der Waals surface area (Å²) in [6.07, 6.45) is -0.764. The molecule has 3 nitrogen and oxygen atoms in total. The molecule has 66 valence electrons. The molecular weight excluding hydrogens is 144 g/mol. The van der Waals surface area contributed by atoms with Crippen LogP contribution in [0.5, 0.6) is 0 Å². The van der Waals surface area contributed by atoms with Crippen molar-refractivity contribution in [2.75, 3.05) is 6.61 Å². The van der Waals surface area contributed by atoms with Gasteiger partial charge in [0.2, 0.25) is 0 Å².